The van der Waals surface area contributed by atoms with Crippen LogP contribution in [0.15, 0.2) is 46.1 Å². The molecule has 0 spiro atoms. The third kappa shape index (κ3) is 7.39. The van der Waals surface area contributed by atoms with Crippen LogP contribution in [0, 0.1) is 28.6 Å². The minimum atomic E-state index is -1.08. The summed E-state index contributed by atoms with van der Waals surface area (Å²) in [5, 5.41) is 10.1. The maximum atomic E-state index is 12.9. The van der Waals surface area contributed by atoms with E-state index in [2.05, 4.69) is 0 Å². The molecule has 0 amide bonds. The molecule has 7 heteroatoms. The molecule has 28 heavy (non-hydrogen) atoms. The Morgan fingerprint density at radius 2 is 1.89 bits per heavy atom. The zero-order chi connectivity index (χ0) is 21.5. The van der Waals surface area contributed by atoms with Crippen LogP contribution in [0.3, 0.4) is 0 Å². The van der Waals surface area contributed by atoms with Crippen molar-refractivity contribution in [2.75, 3.05) is 0 Å². The molecule has 152 valence electrons. The van der Waals surface area contributed by atoms with Gasteiger partial charge < -0.3 is 9.47 Å². The van der Waals surface area contributed by atoms with E-state index >= 15 is 0 Å². The van der Waals surface area contributed by atoms with Crippen molar-refractivity contribution in [3.8, 4) is 11.8 Å². The average Bonchev–Trinajstić information content (AvgIpc) is 2.56. The number of allylic oxidation sites excluding steroid dienone is 2. The van der Waals surface area contributed by atoms with Crippen LogP contribution in [0.4, 0.5) is 0 Å². The van der Waals surface area contributed by atoms with Crippen molar-refractivity contribution in [1.29, 1.82) is 5.26 Å². The highest BCUT2D eigenvalue weighted by Gasteiger charge is 2.38. The number of esters is 1. The zero-order valence-corrected chi connectivity index (χ0v) is 18.8. The van der Waals surface area contributed by atoms with E-state index in [-0.39, 0.29) is 10.4 Å². The molecule has 0 fully saturated rings. The summed E-state index contributed by atoms with van der Waals surface area (Å²) in [6.45, 7) is 9.47. The topological polar surface area (TPSA) is 59.3 Å². The van der Waals surface area contributed by atoms with Crippen molar-refractivity contribution in [2.24, 2.45) is 17.3 Å². The van der Waals surface area contributed by atoms with Gasteiger partial charge in [-0.15, -0.1) is 0 Å². The second-order valence-electron chi connectivity index (χ2n) is 7.32. The number of nitrogens with zero attached hydrogens (tertiary/aromatic N) is 1. The lowest BCUT2D eigenvalue weighted by Gasteiger charge is -2.33. The third-order valence-electron chi connectivity index (χ3n) is 4.09. The molecule has 1 aromatic carbocycles. The minimum Gasteiger partial charge on any atom is -0.462 e. The molecule has 0 saturated heterocycles. The van der Waals surface area contributed by atoms with E-state index in [0.29, 0.717) is 16.3 Å². The summed E-state index contributed by atoms with van der Waals surface area (Å²) in [7, 11) is 0. The van der Waals surface area contributed by atoms with Crippen molar-refractivity contribution in [2.45, 2.75) is 40.7 Å². The van der Waals surface area contributed by atoms with Gasteiger partial charge in [-0.05, 0) is 30.4 Å². The van der Waals surface area contributed by atoms with Crippen LogP contribution in [0.5, 0.6) is 5.75 Å². The van der Waals surface area contributed by atoms with Crippen LogP contribution >= 0.6 is 34.8 Å². The average molecular weight is 445 g/mol. The number of carbonyl (C=O) groups is 1. The summed E-state index contributed by atoms with van der Waals surface area (Å²) in [6, 6.07) is 8.64. The number of rotatable bonds is 8. The van der Waals surface area contributed by atoms with Crippen molar-refractivity contribution in [3.05, 3.63) is 51.7 Å². The molecule has 0 radical (unpaired) electrons. The lowest BCUT2D eigenvalue weighted by atomic mass is 9.72. The molecule has 0 aromatic heterocycles. The molecule has 0 aliphatic carbocycles. The van der Waals surface area contributed by atoms with Gasteiger partial charge in [0.1, 0.15) is 22.6 Å². The van der Waals surface area contributed by atoms with Crippen LogP contribution in [0.1, 0.15) is 46.3 Å². The van der Waals surface area contributed by atoms with Crippen LogP contribution in [0.25, 0.3) is 0 Å². The summed E-state index contributed by atoms with van der Waals surface area (Å²) in [4.78, 5) is 12.9. The molecule has 0 bridgehead atoms. The number of benzene rings is 1. The van der Waals surface area contributed by atoms with Gasteiger partial charge in [0.05, 0.1) is 5.92 Å². The van der Waals surface area contributed by atoms with Gasteiger partial charge in [-0.2, -0.15) is 5.26 Å². The van der Waals surface area contributed by atoms with Gasteiger partial charge in [-0.3, -0.25) is 4.79 Å². The molecule has 0 saturated carbocycles. The van der Waals surface area contributed by atoms with Gasteiger partial charge in [0.25, 0.3) is 0 Å². The second-order valence-corrected chi connectivity index (χ2v) is 8.92. The number of hydrogen-bond acceptors (Lipinski definition) is 4. The van der Waals surface area contributed by atoms with Gasteiger partial charge in [0.2, 0.25) is 6.10 Å². The third-order valence-corrected chi connectivity index (χ3v) is 4.38. The van der Waals surface area contributed by atoms with E-state index in [0.717, 1.165) is 6.26 Å². The smallest absolute Gasteiger partial charge is 0.311 e. The van der Waals surface area contributed by atoms with Gasteiger partial charge in [0, 0.05) is 10.6 Å². The van der Waals surface area contributed by atoms with E-state index in [1.165, 1.54) is 0 Å². The van der Waals surface area contributed by atoms with E-state index in [9.17, 15) is 10.1 Å². The molecule has 1 aromatic rings. The minimum absolute atomic E-state index is 0.0141. The molecule has 0 heterocycles. The molecule has 1 rings (SSSR count). The highest BCUT2D eigenvalue weighted by Crippen LogP contribution is 2.37. The van der Waals surface area contributed by atoms with Gasteiger partial charge in [-0.1, -0.05) is 80.7 Å². The zero-order valence-electron chi connectivity index (χ0n) is 16.5. The normalized spacial score (nSPS) is 14.1. The molecular weight excluding hydrogens is 421 g/mol. The Morgan fingerprint density at radius 3 is 2.39 bits per heavy atom. The number of hydrogen-bond donors (Lipinski definition) is 0. The van der Waals surface area contributed by atoms with E-state index in [1.54, 1.807) is 31.2 Å². The Balaban J connectivity index is 3.10. The fourth-order valence-electron chi connectivity index (χ4n) is 3.26. The lowest BCUT2D eigenvalue weighted by Crippen LogP contribution is -2.35. The summed E-state index contributed by atoms with van der Waals surface area (Å²) < 4.78 is 10.8. The molecule has 0 aliphatic heterocycles. The predicted molar refractivity (Wildman–Crippen MR) is 113 cm³/mol. The Hall–Kier alpha value is -1.67. The summed E-state index contributed by atoms with van der Waals surface area (Å²) in [6.07, 6.45) is 1.91. The Bertz CT molecular complexity index is 786. The number of nitriles is 1. The Labute approximate surface area is 181 Å². The lowest BCUT2D eigenvalue weighted by molar-refractivity contribution is -0.157. The van der Waals surface area contributed by atoms with Gasteiger partial charge >= 0.3 is 5.97 Å². The fraction of sp³-hybridized carbons (Fsp3) is 0.429. The summed E-state index contributed by atoms with van der Waals surface area (Å²) in [5.41, 5.74) is -0.0546. The molecule has 0 aliphatic rings. The number of ether oxygens (including phenoxy) is 2. The summed E-state index contributed by atoms with van der Waals surface area (Å²) in [5.74, 6) is -0.543. The molecule has 2 atom stereocenters. The highest BCUT2D eigenvalue weighted by molar-refractivity contribution is 6.55. The van der Waals surface area contributed by atoms with Crippen LogP contribution in [-0.2, 0) is 9.53 Å². The largest absolute Gasteiger partial charge is 0.462 e. The summed E-state index contributed by atoms with van der Waals surface area (Å²) >= 11 is 17.1. The molecule has 4 nitrogen and oxygen atoms in total. The fourth-order valence-corrected chi connectivity index (χ4v) is 3.63. The maximum absolute atomic E-state index is 12.9. The Kier molecular flexibility index (Phi) is 9.36. The van der Waals surface area contributed by atoms with Crippen molar-refractivity contribution < 1.29 is 14.3 Å². The first-order chi connectivity index (χ1) is 13.0. The van der Waals surface area contributed by atoms with Crippen molar-refractivity contribution >= 4 is 40.8 Å². The molecule has 0 N–H and O–H groups in total. The first kappa shape index (κ1) is 24.4. The number of halogens is 3. The number of carbonyl (C=O) groups excluding carboxylic acids is 1. The van der Waals surface area contributed by atoms with Gasteiger partial charge in [0.15, 0.2) is 0 Å². The van der Waals surface area contributed by atoms with Gasteiger partial charge in [-0.25, -0.2) is 0 Å². The van der Waals surface area contributed by atoms with Crippen molar-refractivity contribution in [3.63, 3.8) is 0 Å². The van der Waals surface area contributed by atoms with Crippen LogP contribution < -0.4 is 4.74 Å². The monoisotopic (exact) mass is 443 g/mol. The van der Waals surface area contributed by atoms with Crippen molar-refractivity contribution in [1.82, 2.24) is 0 Å². The second kappa shape index (κ2) is 10.8. The van der Waals surface area contributed by atoms with Crippen LogP contribution in [-0.4, -0.2) is 5.97 Å². The Morgan fingerprint density at radius 1 is 1.25 bits per heavy atom. The standard InChI is InChI=1S/C21H24Cl3NO3/c1-13(2)19(21(4,5)10-14(3)22)20(26)28-17(11-25)15-7-6-8-16(9-15)27-12-18(23)24/h6-10,12-13,17,19H,1-5H3. The van der Waals surface area contributed by atoms with E-state index in [1.807, 2.05) is 39.8 Å². The van der Waals surface area contributed by atoms with E-state index < -0.39 is 23.4 Å². The molecular formula is C21H24Cl3NO3. The first-order valence-electron chi connectivity index (χ1n) is 8.70. The molecule has 2 unspecified atom stereocenters. The van der Waals surface area contributed by atoms with Crippen LogP contribution in [0.2, 0.25) is 0 Å². The maximum Gasteiger partial charge on any atom is 0.311 e. The SMILES string of the molecule is CC(Cl)=CC(C)(C)C(C(=O)OC(C#N)c1cccc(OC=C(Cl)Cl)c1)C(C)C. The highest BCUT2D eigenvalue weighted by atomic mass is 35.5. The quantitative estimate of drug-likeness (QED) is 0.323. The first-order valence-corrected chi connectivity index (χ1v) is 9.84. The predicted octanol–water partition coefficient (Wildman–Crippen LogP) is 6.89. The van der Waals surface area contributed by atoms with E-state index in [4.69, 9.17) is 44.3 Å².